The molecule has 0 saturated carbocycles. The first kappa shape index (κ1) is 25.7. The van der Waals surface area contributed by atoms with Gasteiger partial charge in [-0.2, -0.15) is 0 Å². The SMILES string of the molecule is CNC(=O)Nc1ccc2c(c1)CC[C@@]21OC(=O)N(CC(=O)N2C(C(C)(C)C)OC[C@@H]2c2ccccc2)C1=O. The van der Waals surface area contributed by atoms with Gasteiger partial charge in [-0.1, -0.05) is 57.2 Å². The van der Waals surface area contributed by atoms with Crippen LogP contribution < -0.4 is 10.6 Å². The maximum absolute atomic E-state index is 13.8. The lowest BCUT2D eigenvalue weighted by Gasteiger charge is -2.36. The average molecular weight is 521 g/mol. The number of anilines is 1. The van der Waals surface area contributed by atoms with Gasteiger partial charge in [-0.05, 0) is 29.7 Å². The van der Waals surface area contributed by atoms with Crippen LogP contribution in [0.5, 0.6) is 0 Å². The van der Waals surface area contributed by atoms with Crippen LogP contribution in [0.15, 0.2) is 48.5 Å². The number of hydrogen-bond donors (Lipinski definition) is 2. The number of ether oxygens (including phenoxy) is 2. The molecule has 2 N–H and O–H groups in total. The van der Waals surface area contributed by atoms with Gasteiger partial charge in [0.05, 0.1) is 12.6 Å². The Bertz CT molecular complexity index is 1290. The van der Waals surface area contributed by atoms with Crippen molar-refractivity contribution < 1.29 is 28.7 Å². The zero-order valence-corrected chi connectivity index (χ0v) is 21.9. The predicted molar refractivity (Wildman–Crippen MR) is 138 cm³/mol. The van der Waals surface area contributed by atoms with Crippen LogP contribution in [0.3, 0.4) is 0 Å². The van der Waals surface area contributed by atoms with E-state index in [9.17, 15) is 19.2 Å². The second kappa shape index (κ2) is 9.43. The summed E-state index contributed by atoms with van der Waals surface area (Å²) in [7, 11) is 1.52. The summed E-state index contributed by atoms with van der Waals surface area (Å²) in [6.45, 7) is 5.83. The second-order valence-electron chi connectivity index (χ2n) is 10.9. The zero-order chi connectivity index (χ0) is 27.2. The van der Waals surface area contributed by atoms with Crippen molar-refractivity contribution in [1.29, 1.82) is 0 Å². The number of nitrogens with one attached hydrogen (secondary N) is 2. The fourth-order valence-electron chi connectivity index (χ4n) is 5.55. The molecule has 10 heteroatoms. The predicted octanol–water partition coefficient (Wildman–Crippen LogP) is 3.53. The lowest BCUT2D eigenvalue weighted by atomic mass is 9.92. The fraction of sp³-hybridized carbons (Fsp3) is 0.429. The van der Waals surface area contributed by atoms with Crippen molar-refractivity contribution in [3.8, 4) is 0 Å². The minimum atomic E-state index is -1.47. The summed E-state index contributed by atoms with van der Waals surface area (Å²) in [5, 5.41) is 5.20. The van der Waals surface area contributed by atoms with E-state index in [2.05, 4.69) is 10.6 Å². The maximum atomic E-state index is 13.8. The van der Waals surface area contributed by atoms with Crippen molar-refractivity contribution >= 4 is 29.6 Å². The number of hydrogen-bond acceptors (Lipinski definition) is 6. The summed E-state index contributed by atoms with van der Waals surface area (Å²) in [4.78, 5) is 54.7. The van der Waals surface area contributed by atoms with Crippen LogP contribution in [0.1, 0.15) is 49.9 Å². The van der Waals surface area contributed by atoms with Crippen LogP contribution in [0.25, 0.3) is 0 Å². The van der Waals surface area contributed by atoms with Crippen molar-refractivity contribution in [2.45, 2.75) is 51.5 Å². The lowest BCUT2D eigenvalue weighted by molar-refractivity contribution is -0.148. The molecular formula is C28H32N4O6. The molecular weight excluding hydrogens is 488 g/mol. The Kier molecular flexibility index (Phi) is 6.38. The number of rotatable bonds is 4. The van der Waals surface area contributed by atoms with E-state index < -0.39 is 30.4 Å². The topological polar surface area (TPSA) is 117 Å². The third-order valence-corrected chi connectivity index (χ3v) is 7.35. The first-order valence-corrected chi connectivity index (χ1v) is 12.7. The highest BCUT2D eigenvalue weighted by atomic mass is 16.6. The number of nitrogens with zero attached hydrogens (tertiary/aromatic N) is 2. The van der Waals surface area contributed by atoms with Crippen molar-refractivity contribution in [2.24, 2.45) is 5.41 Å². The van der Waals surface area contributed by atoms with Gasteiger partial charge in [0.1, 0.15) is 12.8 Å². The van der Waals surface area contributed by atoms with Gasteiger partial charge >= 0.3 is 12.1 Å². The molecule has 3 aliphatic rings. The highest BCUT2D eigenvalue weighted by Crippen LogP contribution is 2.46. The van der Waals surface area contributed by atoms with E-state index in [1.54, 1.807) is 23.1 Å². The number of benzene rings is 2. The molecule has 0 aromatic heterocycles. The number of fused-ring (bicyclic) bond motifs is 2. The smallest absolute Gasteiger partial charge is 0.418 e. The van der Waals surface area contributed by atoms with Gasteiger partial charge in [0.25, 0.3) is 5.91 Å². The first-order chi connectivity index (χ1) is 18.0. The van der Waals surface area contributed by atoms with E-state index in [-0.39, 0.29) is 29.8 Å². The molecule has 0 bridgehead atoms. The minimum absolute atomic E-state index is 0.269. The van der Waals surface area contributed by atoms with Gasteiger partial charge < -0.3 is 25.0 Å². The molecule has 2 aliphatic heterocycles. The van der Waals surface area contributed by atoms with Gasteiger partial charge in [-0.3, -0.25) is 9.59 Å². The number of amides is 5. The molecule has 1 aliphatic carbocycles. The third-order valence-electron chi connectivity index (χ3n) is 7.35. The van der Waals surface area contributed by atoms with Gasteiger partial charge in [-0.15, -0.1) is 0 Å². The molecule has 200 valence electrons. The minimum Gasteiger partial charge on any atom is -0.427 e. The second-order valence-corrected chi connectivity index (χ2v) is 10.9. The quantitative estimate of drug-likeness (QED) is 0.637. The largest absolute Gasteiger partial charge is 0.427 e. The number of carbonyl (C=O) groups excluding carboxylic acids is 4. The number of urea groups is 1. The van der Waals surface area contributed by atoms with Crippen molar-refractivity contribution in [3.05, 3.63) is 65.2 Å². The maximum Gasteiger partial charge on any atom is 0.418 e. The van der Waals surface area contributed by atoms with E-state index in [0.29, 0.717) is 24.3 Å². The van der Waals surface area contributed by atoms with E-state index in [4.69, 9.17) is 9.47 Å². The normalized spacial score (nSPS) is 24.5. The van der Waals surface area contributed by atoms with Gasteiger partial charge in [-0.25, -0.2) is 14.5 Å². The van der Waals surface area contributed by atoms with E-state index in [1.807, 2.05) is 51.1 Å². The van der Waals surface area contributed by atoms with Crippen molar-refractivity contribution in [3.63, 3.8) is 0 Å². The van der Waals surface area contributed by atoms with Gasteiger partial charge in [0, 0.05) is 30.1 Å². The Labute approximate surface area is 221 Å². The number of carbonyl (C=O) groups is 4. The van der Waals surface area contributed by atoms with Crippen LogP contribution in [0.2, 0.25) is 0 Å². The molecule has 3 atom stereocenters. The van der Waals surface area contributed by atoms with Crippen LogP contribution in [-0.2, 0) is 31.1 Å². The monoisotopic (exact) mass is 520 g/mol. The van der Waals surface area contributed by atoms with Crippen LogP contribution in [-0.4, -0.2) is 60.2 Å². The Morgan fingerprint density at radius 3 is 2.53 bits per heavy atom. The number of aryl methyl sites for hydroxylation is 1. The molecule has 2 heterocycles. The number of imide groups is 1. The molecule has 5 amide bonds. The Morgan fingerprint density at radius 2 is 1.84 bits per heavy atom. The fourth-order valence-corrected chi connectivity index (χ4v) is 5.55. The van der Waals surface area contributed by atoms with Gasteiger partial charge in [0.2, 0.25) is 11.5 Å². The highest BCUT2D eigenvalue weighted by molar-refractivity contribution is 6.06. The van der Waals surface area contributed by atoms with Crippen LogP contribution in [0.4, 0.5) is 15.3 Å². The van der Waals surface area contributed by atoms with E-state index in [0.717, 1.165) is 16.0 Å². The van der Waals surface area contributed by atoms with Crippen molar-refractivity contribution in [1.82, 2.24) is 15.1 Å². The summed E-state index contributed by atoms with van der Waals surface area (Å²) in [5.74, 6) is -0.938. The molecule has 38 heavy (non-hydrogen) atoms. The molecule has 0 radical (unpaired) electrons. The summed E-state index contributed by atoms with van der Waals surface area (Å²) < 4.78 is 11.8. The van der Waals surface area contributed by atoms with Gasteiger partial charge in [0.15, 0.2) is 0 Å². The van der Waals surface area contributed by atoms with E-state index >= 15 is 0 Å². The summed E-state index contributed by atoms with van der Waals surface area (Å²) in [6, 6.07) is 14.0. The molecule has 2 aromatic rings. The summed E-state index contributed by atoms with van der Waals surface area (Å²) >= 11 is 0. The summed E-state index contributed by atoms with van der Waals surface area (Å²) in [5.41, 5.74) is 1.01. The average Bonchev–Trinajstić information content (AvgIpc) is 3.56. The molecule has 10 nitrogen and oxygen atoms in total. The lowest BCUT2D eigenvalue weighted by Crippen LogP contribution is -2.50. The Balaban J connectivity index is 1.39. The third kappa shape index (κ3) is 4.28. The van der Waals surface area contributed by atoms with E-state index in [1.165, 1.54) is 7.05 Å². The molecule has 1 spiro atoms. The molecule has 2 saturated heterocycles. The van der Waals surface area contributed by atoms with Crippen LogP contribution in [0, 0.1) is 5.41 Å². The molecule has 2 fully saturated rings. The Hall–Kier alpha value is -3.92. The Morgan fingerprint density at radius 1 is 1.11 bits per heavy atom. The molecule has 1 unspecified atom stereocenters. The first-order valence-electron chi connectivity index (χ1n) is 12.7. The highest BCUT2D eigenvalue weighted by Gasteiger charge is 2.59. The molecule has 5 rings (SSSR count). The standard InChI is InChI=1S/C28H32N4O6/c1-27(2,3)24-32(21(16-37-24)17-8-6-5-7-9-17)22(33)15-31-23(34)28(38-26(31)36)13-12-18-14-19(10-11-20(18)28)30-25(35)29-4/h5-11,14,21,24H,12-13,15-16H2,1-4H3,(H2,29,30,35)/t21-,24?,28-/m1/s1. The summed E-state index contributed by atoms with van der Waals surface area (Å²) in [6.07, 6.45) is -0.610. The van der Waals surface area contributed by atoms with Crippen molar-refractivity contribution in [2.75, 3.05) is 25.5 Å². The zero-order valence-electron chi connectivity index (χ0n) is 21.9. The molecule has 2 aromatic carbocycles. The van der Waals surface area contributed by atoms with Crippen LogP contribution >= 0.6 is 0 Å².